The Hall–Kier alpha value is -4.04. The number of sulfonamides is 1. The van der Waals surface area contributed by atoms with Gasteiger partial charge >= 0.3 is 6.03 Å². The van der Waals surface area contributed by atoms with Gasteiger partial charge in [0.2, 0.25) is 21.8 Å². The molecule has 2 saturated heterocycles. The van der Waals surface area contributed by atoms with Gasteiger partial charge in [-0.1, -0.05) is 43.2 Å². The van der Waals surface area contributed by atoms with E-state index in [-0.39, 0.29) is 43.0 Å². The molecule has 1 aromatic carbocycles. The number of fused-ring (bicyclic) bond motifs is 5. The first-order chi connectivity index (χ1) is 25.8. The number of nitrogens with zero attached hydrogens (tertiary/aromatic N) is 3. The van der Waals surface area contributed by atoms with Gasteiger partial charge in [-0.05, 0) is 77.2 Å². The number of aryl methyl sites for hydroxylation is 2. The van der Waals surface area contributed by atoms with Crippen molar-refractivity contribution >= 4 is 44.6 Å². The maximum absolute atomic E-state index is 14.8. The highest BCUT2D eigenvalue weighted by atomic mass is 32.2. The summed E-state index contributed by atoms with van der Waals surface area (Å²) < 4.78 is 40.2. The third kappa shape index (κ3) is 6.77. The van der Waals surface area contributed by atoms with E-state index in [1.807, 2.05) is 43.3 Å². The molecule has 54 heavy (non-hydrogen) atoms. The number of ketones is 1. The highest BCUT2D eigenvalue weighted by Crippen LogP contribution is 2.58. The lowest BCUT2D eigenvalue weighted by molar-refractivity contribution is -0.140. The van der Waals surface area contributed by atoms with E-state index in [4.69, 9.17) is 14.5 Å². The zero-order chi connectivity index (χ0) is 37.9. The number of para-hydroxylation sites is 1. The zero-order valence-corrected chi connectivity index (χ0v) is 32.0. The van der Waals surface area contributed by atoms with Crippen LogP contribution in [-0.2, 0) is 35.6 Å². The minimum absolute atomic E-state index is 0.132. The largest absolute Gasteiger partial charge is 0.483 e. The van der Waals surface area contributed by atoms with Crippen molar-refractivity contribution in [1.29, 1.82) is 0 Å². The smallest absolute Gasteiger partial charge is 0.318 e. The van der Waals surface area contributed by atoms with Crippen LogP contribution in [0.1, 0.15) is 88.8 Å². The Kier molecular flexibility index (Phi) is 9.51. The summed E-state index contributed by atoms with van der Waals surface area (Å²) in [4.78, 5) is 65.2. The summed E-state index contributed by atoms with van der Waals surface area (Å²) in [6.07, 6.45) is 10.0. The number of ether oxygens (including phenoxy) is 2. The Balaban J connectivity index is 1.13. The van der Waals surface area contributed by atoms with Crippen molar-refractivity contribution in [1.82, 2.24) is 24.8 Å². The number of hydrogen-bond acceptors (Lipinski definition) is 9. The lowest BCUT2D eigenvalue weighted by Gasteiger charge is -2.37. The number of pyridine rings is 1. The molecule has 2 N–H and O–H groups in total. The van der Waals surface area contributed by atoms with E-state index in [1.54, 1.807) is 16.7 Å². The molecule has 5 heterocycles. The number of urea groups is 1. The van der Waals surface area contributed by atoms with Crippen LogP contribution < -0.4 is 14.8 Å². The van der Waals surface area contributed by atoms with Crippen LogP contribution in [0, 0.1) is 18.3 Å². The maximum atomic E-state index is 14.8. The van der Waals surface area contributed by atoms with Gasteiger partial charge in [0.05, 0.1) is 47.2 Å². The van der Waals surface area contributed by atoms with Crippen molar-refractivity contribution in [3.63, 3.8) is 0 Å². The van der Waals surface area contributed by atoms with E-state index >= 15 is 0 Å². The normalized spacial score (nSPS) is 31.6. The van der Waals surface area contributed by atoms with E-state index in [0.717, 1.165) is 41.4 Å². The second kappa shape index (κ2) is 13.9. The minimum atomic E-state index is -3.93. The Morgan fingerprint density at radius 1 is 1.02 bits per heavy atom. The van der Waals surface area contributed by atoms with Crippen LogP contribution in [0.15, 0.2) is 36.4 Å². The van der Waals surface area contributed by atoms with Crippen LogP contribution in [0.3, 0.4) is 0 Å². The van der Waals surface area contributed by atoms with Crippen molar-refractivity contribution in [2.24, 2.45) is 11.3 Å². The van der Waals surface area contributed by atoms with Gasteiger partial charge in [-0.3, -0.25) is 19.1 Å². The van der Waals surface area contributed by atoms with E-state index in [0.29, 0.717) is 77.0 Å². The topological polar surface area (TPSA) is 164 Å². The molecule has 1 aromatic heterocycles. The van der Waals surface area contributed by atoms with E-state index in [2.05, 4.69) is 10.0 Å². The number of carbonyl (C=O) groups is 4. The molecule has 6 aliphatic rings. The van der Waals surface area contributed by atoms with Crippen LogP contribution in [0.5, 0.6) is 5.75 Å². The summed E-state index contributed by atoms with van der Waals surface area (Å²) in [5.74, 6) is -0.939. The highest BCUT2D eigenvalue weighted by Gasteiger charge is 2.63. The van der Waals surface area contributed by atoms with Crippen LogP contribution >= 0.6 is 0 Å². The zero-order valence-electron chi connectivity index (χ0n) is 31.2. The lowest BCUT2D eigenvalue weighted by atomic mass is 9.85. The van der Waals surface area contributed by atoms with Crippen molar-refractivity contribution in [3.05, 3.63) is 47.7 Å². The van der Waals surface area contributed by atoms with Gasteiger partial charge in [-0.25, -0.2) is 18.2 Å². The molecule has 4 fully saturated rings. The molecular weight excluding hydrogens is 711 g/mol. The van der Waals surface area contributed by atoms with Crippen LogP contribution in [0.4, 0.5) is 4.79 Å². The van der Waals surface area contributed by atoms with Crippen LogP contribution in [0.2, 0.25) is 0 Å². The third-order valence-electron chi connectivity index (χ3n) is 12.9. The molecule has 14 heteroatoms. The van der Waals surface area contributed by atoms with Gasteiger partial charge in [0.1, 0.15) is 17.4 Å². The quantitative estimate of drug-likeness (QED) is 0.437. The summed E-state index contributed by atoms with van der Waals surface area (Å²) in [6.45, 7) is 5.35. The first-order valence-corrected chi connectivity index (χ1v) is 21.1. The number of rotatable bonds is 4. The molecule has 8 rings (SSSR count). The Bertz CT molecular complexity index is 2010. The average Bonchev–Trinajstić information content (AvgIpc) is 4.05. The fraction of sp³-hybridized carbons (Fsp3) is 0.625. The second-order valence-corrected chi connectivity index (χ2v) is 18.9. The number of nitrogens with one attached hydrogen (secondary N) is 2. The molecule has 4 aliphatic heterocycles. The van der Waals surface area contributed by atoms with Crippen molar-refractivity contribution < 1.29 is 37.1 Å². The summed E-state index contributed by atoms with van der Waals surface area (Å²) in [6, 6.07) is 5.79. The van der Waals surface area contributed by atoms with Crippen LogP contribution in [-0.4, -0.2) is 102 Å². The molecule has 5 atom stereocenters. The van der Waals surface area contributed by atoms with E-state index in [1.165, 1.54) is 0 Å². The number of morpholine rings is 1. The number of amides is 4. The Morgan fingerprint density at radius 3 is 2.57 bits per heavy atom. The molecule has 290 valence electrons. The minimum Gasteiger partial charge on any atom is -0.483 e. The van der Waals surface area contributed by atoms with Gasteiger partial charge in [0.15, 0.2) is 5.78 Å². The standard InChI is InChI=1S/C40H51N5O8S/c1-26-34-29(28-11-8-9-12-30(28)41-26)14-15-39(53-34)23-32-33(46)24-40(36(48)43-54(50,51)38(2)16-17-38)22-27(40)10-6-4-3-5-7-13-31(35(47)45(32)25-39)42-37(49)44-18-20-52-21-19-44/h6,8-12,27,31-32H,3-5,7,13-25H2,1-2H3,(H,42,49)(H,43,48)/b10-6-/t27-,31+,32+,39-,40-/m1/s1. The van der Waals surface area contributed by atoms with Gasteiger partial charge in [0, 0.05) is 36.9 Å². The monoisotopic (exact) mass is 761 g/mol. The van der Waals surface area contributed by atoms with E-state index < -0.39 is 43.8 Å². The first kappa shape index (κ1) is 36.9. The Labute approximate surface area is 316 Å². The number of allylic oxidation sites excluding steroid dienone is 2. The summed E-state index contributed by atoms with van der Waals surface area (Å²) >= 11 is 0. The molecule has 13 nitrogen and oxygen atoms in total. The van der Waals surface area contributed by atoms with Gasteiger partial charge in [-0.15, -0.1) is 0 Å². The summed E-state index contributed by atoms with van der Waals surface area (Å²) in [7, 11) is -3.93. The van der Waals surface area contributed by atoms with Gasteiger partial charge in [-0.2, -0.15) is 0 Å². The van der Waals surface area contributed by atoms with Gasteiger partial charge in [0.25, 0.3) is 0 Å². The fourth-order valence-electron chi connectivity index (χ4n) is 8.99. The molecular formula is C40H51N5O8S. The molecule has 2 saturated carbocycles. The van der Waals surface area contributed by atoms with Crippen molar-refractivity contribution in [3.8, 4) is 5.75 Å². The highest BCUT2D eigenvalue weighted by molar-refractivity contribution is 7.91. The molecule has 0 unspecified atom stereocenters. The molecule has 1 spiro atoms. The number of Topliss-reactive ketones (excluding diaryl/α,β-unsaturated/α-hetero) is 1. The van der Waals surface area contributed by atoms with Crippen molar-refractivity contribution in [2.45, 2.75) is 113 Å². The molecule has 0 bridgehead atoms. The fourth-order valence-corrected chi connectivity index (χ4v) is 10.3. The lowest BCUT2D eigenvalue weighted by Crippen LogP contribution is -2.56. The molecule has 4 amide bonds. The SMILES string of the molecule is Cc1nc2ccccc2c2c1O[C@]1(CC2)C[C@H]2C(=O)C[C@]3(C(=O)NS(=O)(=O)C4(C)CC4)C[C@H]3/C=C\CCCCC[C@H](NC(=O)N3CCOCC3)C(=O)N2C1. The predicted octanol–water partition coefficient (Wildman–Crippen LogP) is 4.10. The number of benzene rings is 1. The first-order valence-electron chi connectivity index (χ1n) is 19.6. The Morgan fingerprint density at radius 2 is 1.80 bits per heavy atom. The molecule has 0 radical (unpaired) electrons. The average molecular weight is 762 g/mol. The number of hydrogen-bond donors (Lipinski definition) is 2. The summed E-state index contributed by atoms with van der Waals surface area (Å²) in [5.41, 5.74) is 0.528. The summed E-state index contributed by atoms with van der Waals surface area (Å²) in [5, 5.41) is 4.03. The van der Waals surface area contributed by atoms with Crippen molar-refractivity contribution in [2.75, 3.05) is 32.8 Å². The molecule has 2 aromatic rings. The van der Waals surface area contributed by atoms with E-state index in [9.17, 15) is 27.6 Å². The molecule has 2 aliphatic carbocycles. The number of carbonyl (C=O) groups excluding carboxylic acids is 4. The number of aromatic nitrogens is 1. The predicted molar refractivity (Wildman–Crippen MR) is 200 cm³/mol. The maximum Gasteiger partial charge on any atom is 0.318 e. The van der Waals surface area contributed by atoms with Gasteiger partial charge < -0.3 is 24.6 Å². The second-order valence-electron chi connectivity index (χ2n) is 16.7. The third-order valence-corrected chi connectivity index (χ3v) is 15.0. The van der Waals surface area contributed by atoms with Crippen LogP contribution in [0.25, 0.3) is 10.9 Å².